The van der Waals surface area contributed by atoms with Crippen LogP contribution < -0.4 is 10.6 Å². The highest BCUT2D eigenvalue weighted by Gasteiger charge is 2.22. The van der Waals surface area contributed by atoms with E-state index in [-0.39, 0.29) is 11.6 Å². The summed E-state index contributed by atoms with van der Waals surface area (Å²) < 4.78 is 28.3. The second kappa shape index (κ2) is 9.29. The van der Waals surface area contributed by atoms with Gasteiger partial charge in [-0.3, -0.25) is 4.99 Å². The van der Waals surface area contributed by atoms with Gasteiger partial charge in [0.2, 0.25) is 0 Å². The molecule has 0 spiro atoms. The molecule has 0 radical (unpaired) electrons. The number of nitrogens with one attached hydrogen (secondary N) is 2. The first kappa shape index (κ1) is 19.8. The van der Waals surface area contributed by atoms with E-state index in [9.17, 15) is 8.78 Å². The van der Waals surface area contributed by atoms with Gasteiger partial charge in [0.15, 0.2) is 5.96 Å². The van der Waals surface area contributed by atoms with Gasteiger partial charge in [-0.1, -0.05) is 36.4 Å². The molecule has 2 aromatic carbocycles. The van der Waals surface area contributed by atoms with Gasteiger partial charge in [-0.25, -0.2) is 8.78 Å². The van der Waals surface area contributed by atoms with Crippen molar-refractivity contribution in [2.45, 2.75) is 19.0 Å². The molecule has 0 saturated heterocycles. The van der Waals surface area contributed by atoms with E-state index in [2.05, 4.69) is 15.6 Å². The van der Waals surface area contributed by atoms with Crippen LogP contribution in [-0.4, -0.2) is 38.5 Å². The second-order valence-corrected chi connectivity index (χ2v) is 6.34. The number of guanidine groups is 1. The van der Waals surface area contributed by atoms with Crippen LogP contribution in [0.5, 0.6) is 0 Å². The molecule has 0 heterocycles. The molecule has 2 N–H and O–H groups in total. The summed E-state index contributed by atoms with van der Waals surface area (Å²) in [5.41, 5.74) is 1.18. The van der Waals surface area contributed by atoms with Crippen molar-refractivity contribution in [3.05, 3.63) is 71.3 Å². The van der Waals surface area contributed by atoms with Crippen LogP contribution in [-0.2, 0) is 0 Å². The fourth-order valence-electron chi connectivity index (χ4n) is 2.79. The van der Waals surface area contributed by atoms with Gasteiger partial charge < -0.3 is 15.5 Å². The van der Waals surface area contributed by atoms with Gasteiger partial charge in [-0.05, 0) is 38.7 Å². The molecule has 0 amide bonds. The monoisotopic (exact) mass is 360 g/mol. The molecule has 2 aromatic rings. The minimum atomic E-state index is -0.550. The van der Waals surface area contributed by atoms with Crippen molar-refractivity contribution in [2.24, 2.45) is 4.99 Å². The van der Waals surface area contributed by atoms with E-state index in [0.29, 0.717) is 12.5 Å². The quantitative estimate of drug-likeness (QED) is 0.612. The maximum Gasteiger partial charge on any atom is 0.191 e. The Kier molecular flexibility index (Phi) is 7.09. The van der Waals surface area contributed by atoms with Gasteiger partial charge in [-0.15, -0.1) is 0 Å². The van der Waals surface area contributed by atoms with E-state index in [0.717, 1.165) is 5.56 Å². The molecule has 2 rings (SSSR count). The average Bonchev–Trinajstić information content (AvgIpc) is 2.63. The molecule has 140 valence electrons. The van der Waals surface area contributed by atoms with Crippen molar-refractivity contribution in [3.8, 4) is 0 Å². The van der Waals surface area contributed by atoms with Crippen LogP contribution >= 0.6 is 0 Å². The SMILES string of the molecule is CN=C(NCC(c1c(F)cccc1F)N(C)C)NC(C)c1ccccc1. The molecular formula is C20H26F2N4. The topological polar surface area (TPSA) is 39.7 Å². The first-order chi connectivity index (χ1) is 12.4. The molecule has 0 aromatic heterocycles. The van der Waals surface area contributed by atoms with Gasteiger partial charge >= 0.3 is 0 Å². The van der Waals surface area contributed by atoms with Gasteiger partial charge in [0.05, 0.1) is 12.1 Å². The van der Waals surface area contributed by atoms with Crippen molar-refractivity contribution >= 4 is 5.96 Å². The molecule has 0 fully saturated rings. The molecule has 2 atom stereocenters. The highest BCUT2D eigenvalue weighted by atomic mass is 19.1. The number of aliphatic imine (C=N–C) groups is 1. The fraction of sp³-hybridized carbons (Fsp3) is 0.350. The number of hydrogen-bond acceptors (Lipinski definition) is 2. The Balaban J connectivity index is 2.08. The van der Waals surface area contributed by atoms with E-state index in [1.165, 1.54) is 18.2 Å². The molecule has 4 nitrogen and oxygen atoms in total. The molecule has 0 aliphatic heterocycles. The molecular weight excluding hydrogens is 334 g/mol. The smallest absolute Gasteiger partial charge is 0.191 e. The van der Waals surface area contributed by atoms with E-state index < -0.39 is 17.7 Å². The largest absolute Gasteiger partial charge is 0.354 e. The van der Waals surface area contributed by atoms with Gasteiger partial charge in [0.25, 0.3) is 0 Å². The third-order valence-electron chi connectivity index (χ3n) is 4.30. The van der Waals surface area contributed by atoms with Crippen molar-refractivity contribution < 1.29 is 8.78 Å². The lowest BCUT2D eigenvalue weighted by Gasteiger charge is -2.27. The Morgan fingerprint density at radius 1 is 1.04 bits per heavy atom. The lowest BCUT2D eigenvalue weighted by atomic mass is 10.0. The first-order valence-electron chi connectivity index (χ1n) is 8.56. The van der Waals surface area contributed by atoms with Gasteiger partial charge in [0, 0.05) is 19.2 Å². The van der Waals surface area contributed by atoms with Crippen LogP contribution in [0, 0.1) is 11.6 Å². The zero-order valence-electron chi connectivity index (χ0n) is 15.6. The van der Waals surface area contributed by atoms with Crippen LogP contribution in [0.3, 0.4) is 0 Å². The van der Waals surface area contributed by atoms with E-state index in [4.69, 9.17) is 0 Å². The number of likely N-dealkylation sites (N-methyl/N-ethyl adjacent to an activating group) is 1. The summed E-state index contributed by atoms with van der Waals surface area (Å²) in [6.07, 6.45) is 0. The fourth-order valence-corrected chi connectivity index (χ4v) is 2.79. The molecule has 0 bridgehead atoms. The Labute approximate surface area is 153 Å². The summed E-state index contributed by atoms with van der Waals surface area (Å²) in [7, 11) is 5.25. The molecule has 0 aliphatic carbocycles. The van der Waals surface area contributed by atoms with Crippen LogP contribution in [0.15, 0.2) is 53.5 Å². The average molecular weight is 360 g/mol. The summed E-state index contributed by atoms with van der Waals surface area (Å²) in [5, 5.41) is 6.46. The second-order valence-electron chi connectivity index (χ2n) is 6.34. The minimum Gasteiger partial charge on any atom is -0.354 e. The lowest BCUT2D eigenvalue weighted by molar-refractivity contribution is 0.282. The number of rotatable bonds is 6. The Bertz CT molecular complexity index is 712. The van der Waals surface area contributed by atoms with Crippen molar-refractivity contribution in [1.82, 2.24) is 15.5 Å². The standard InChI is InChI=1S/C20H26F2N4/c1-14(15-9-6-5-7-10-15)25-20(23-2)24-13-18(26(3)4)19-16(21)11-8-12-17(19)22/h5-12,14,18H,13H2,1-4H3,(H2,23,24,25). The first-order valence-corrected chi connectivity index (χ1v) is 8.56. The molecule has 0 saturated carbocycles. The maximum absolute atomic E-state index is 14.2. The summed E-state index contributed by atoms with van der Waals surface area (Å²) in [6.45, 7) is 2.34. The predicted molar refractivity (Wildman–Crippen MR) is 102 cm³/mol. The van der Waals surface area contributed by atoms with E-state index in [1.54, 1.807) is 26.0 Å². The maximum atomic E-state index is 14.2. The van der Waals surface area contributed by atoms with Crippen LogP contribution in [0.4, 0.5) is 8.78 Å². The van der Waals surface area contributed by atoms with E-state index in [1.807, 2.05) is 37.3 Å². The number of hydrogen-bond donors (Lipinski definition) is 2. The zero-order chi connectivity index (χ0) is 19.1. The molecule has 2 unspecified atom stereocenters. The van der Waals surface area contributed by atoms with Crippen molar-refractivity contribution in [3.63, 3.8) is 0 Å². The Morgan fingerprint density at radius 3 is 2.19 bits per heavy atom. The van der Waals surface area contributed by atoms with E-state index >= 15 is 0 Å². The Hall–Kier alpha value is -2.47. The number of halogens is 2. The summed E-state index contributed by atoms with van der Waals surface area (Å²) in [6, 6.07) is 13.5. The zero-order valence-corrected chi connectivity index (χ0v) is 15.6. The Morgan fingerprint density at radius 2 is 1.65 bits per heavy atom. The summed E-state index contributed by atoms with van der Waals surface area (Å²) in [5.74, 6) is -0.526. The lowest BCUT2D eigenvalue weighted by Crippen LogP contribution is -2.43. The van der Waals surface area contributed by atoms with Crippen LogP contribution in [0.2, 0.25) is 0 Å². The van der Waals surface area contributed by atoms with Gasteiger partial charge in [0.1, 0.15) is 11.6 Å². The molecule has 26 heavy (non-hydrogen) atoms. The highest BCUT2D eigenvalue weighted by Crippen LogP contribution is 2.23. The van der Waals surface area contributed by atoms with Crippen LogP contribution in [0.25, 0.3) is 0 Å². The van der Waals surface area contributed by atoms with Gasteiger partial charge in [-0.2, -0.15) is 0 Å². The minimum absolute atomic E-state index is 0.0467. The summed E-state index contributed by atoms with van der Waals surface area (Å²) in [4.78, 5) is 5.99. The van der Waals surface area contributed by atoms with Crippen LogP contribution in [0.1, 0.15) is 30.1 Å². The molecule has 6 heteroatoms. The number of benzene rings is 2. The predicted octanol–water partition coefficient (Wildman–Crippen LogP) is 3.49. The van der Waals surface area contributed by atoms with Crippen molar-refractivity contribution in [1.29, 1.82) is 0 Å². The van der Waals surface area contributed by atoms with Crippen molar-refractivity contribution in [2.75, 3.05) is 27.7 Å². The normalized spacial score (nSPS) is 14.2. The highest BCUT2D eigenvalue weighted by molar-refractivity contribution is 5.80. The number of nitrogens with zero attached hydrogens (tertiary/aromatic N) is 2. The third kappa shape index (κ3) is 5.02. The summed E-state index contributed by atoms with van der Waals surface area (Å²) >= 11 is 0. The third-order valence-corrected chi connectivity index (χ3v) is 4.30. The molecule has 0 aliphatic rings.